The Morgan fingerprint density at radius 3 is 2.23 bits per heavy atom. The van der Waals surface area contributed by atoms with Gasteiger partial charge in [0.05, 0.1) is 13.2 Å². The van der Waals surface area contributed by atoms with Gasteiger partial charge in [-0.05, 0) is 5.92 Å². The Morgan fingerprint density at radius 1 is 1.08 bits per heavy atom. The van der Waals surface area contributed by atoms with Gasteiger partial charge in [-0.2, -0.15) is 0 Å². The number of nitrogens with one attached hydrogen (secondary N) is 1. The van der Waals surface area contributed by atoms with Crippen molar-refractivity contribution >= 4 is 25.6 Å². The summed E-state index contributed by atoms with van der Waals surface area (Å²) in [5.41, 5.74) is 0. The number of nitroso groups, excluding NO2 is 1. The van der Waals surface area contributed by atoms with Gasteiger partial charge in [0, 0.05) is 31.8 Å². The quantitative estimate of drug-likeness (QED) is 0.212. The zero-order valence-corrected chi connectivity index (χ0v) is 16.2. The fourth-order valence-corrected chi connectivity index (χ4v) is 2.46. The van der Waals surface area contributed by atoms with Crippen molar-refractivity contribution in [3.8, 4) is 0 Å². The molecule has 0 heterocycles. The summed E-state index contributed by atoms with van der Waals surface area (Å²) >= 11 is 0. The maximum absolute atomic E-state index is 12.0. The summed E-state index contributed by atoms with van der Waals surface area (Å²) < 4.78 is 31.2. The van der Waals surface area contributed by atoms with Crippen molar-refractivity contribution in [1.82, 2.24) is 5.32 Å². The van der Waals surface area contributed by atoms with Crippen LogP contribution in [0.2, 0.25) is 0 Å². The molecule has 0 aromatic heterocycles. The lowest BCUT2D eigenvalue weighted by atomic mass is 10.1. The number of hydrogen-bond acceptors (Lipinski definition) is 9. The Morgan fingerprint density at radius 2 is 1.73 bits per heavy atom. The van der Waals surface area contributed by atoms with Crippen molar-refractivity contribution in [3.05, 3.63) is 4.91 Å². The number of carbonyl (C=O) groups is 3. The van der Waals surface area contributed by atoms with E-state index in [-0.39, 0.29) is 31.6 Å². The number of esters is 2. The topological polar surface area (TPSA) is 147 Å². The molecule has 0 bridgehead atoms. The van der Waals surface area contributed by atoms with Crippen LogP contribution in [0, 0.1) is 10.8 Å². The van der Waals surface area contributed by atoms with Gasteiger partial charge in [0.2, 0.25) is 5.91 Å². The van der Waals surface area contributed by atoms with Gasteiger partial charge >= 0.3 is 19.7 Å². The molecule has 12 heteroatoms. The van der Waals surface area contributed by atoms with Crippen molar-refractivity contribution in [1.29, 1.82) is 0 Å². The SMILES string of the molecule is CC(=O)OCC(COP(=O)(N=O)OCCNC(=O)CC(C)C)OC(C)=O. The van der Waals surface area contributed by atoms with E-state index < -0.39 is 32.4 Å². The number of ether oxygens (including phenoxy) is 2. The molecule has 2 atom stereocenters. The van der Waals surface area contributed by atoms with Crippen LogP contribution in [0.3, 0.4) is 0 Å². The first kappa shape index (κ1) is 24.2. The van der Waals surface area contributed by atoms with Crippen molar-refractivity contribution in [2.45, 2.75) is 40.2 Å². The second-order valence-corrected chi connectivity index (χ2v) is 7.28. The molecular weight excluding hydrogens is 371 g/mol. The molecule has 0 aliphatic heterocycles. The zero-order valence-electron chi connectivity index (χ0n) is 15.3. The van der Waals surface area contributed by atoms with Gasteiger partial charge in [-0.1, -0.05) is 13.8 Å². The average molecular weight is 396 g/mol. The van der Waals surface area contributed by atoms with Crippen LogP contribution in [0.4, 0.5) is 0 Å². The molecule has 0 aliphatic rings. The van der Waals surface area contributed by atoms with Gasteiger partial charge < -0.3 is 14.8 Å². The Kier molecular flexibility index (Phi) is 11.6. The highest BCUT2D eigenvalue weighted by molar-refractivity contribution is 7.52. The summed E-state index contributed by atoms with van der Waals surface area (Å²) in [6.07, 6.45) is -0.763. The molecule has 0 rings (SSSR count). The summed E-state index contributed by atoms with van der Waals surface area (Å²) in [5.74, 6) is -1.34. The first-order chi connectivity index (χ1) is 12.1. The van der Waals surface area contributed by atoms with E-state index in [0.717, 1.165) is 13.8 Å². The average Bonchev–Trinajstić information content (AvgIpc) is 2.53. The predicted molar refractivity (Wildman–Crippen MR) is 90.0 cm³/mol. The van der Waals surface area contributed by atoms with Crippen molar-refractivity contribution in [3.63, 3.8) is 0 Å². The molecule has 1 amide bonds. The van der Waals surface area contributed by atoms with E-state index in [9.17, 15) is 23.9 Å². The third-order valence-electron chi connectivity index (χ3n) is 2.60. The number of hydrogen-bond donors (Lipinski definition) is 1. The van der Waals surface area contributed by atoms with Crippen molar-refractivity contribution < 1.29 is 37.5 Å². The maximum Gasteiger partial charge on any atom is 0.489 e. The Bertz CT molecular complexity index is 539. The summed E-state index contributed by atoms with van der Waals surface area (Å²) in [5, 5.41) is 2.52. The highest BCUT2D eigenvalue weighted by Gasteiger charge is 2.29. The molecule has 150 valence electrons. The second-order valence-electron chi connectivity index (χ2n) is 5.66. The lowest BCUT2D eigenvalue weighted by molar-refractivity contribution is -0.158. The van der Waals surface area contributed by atoms with E-state index in [2.05, 4.69) is 15.0 Å². The number of rotatable bonds is 13. The van der Waals surface area contributed by atoms with Crippen LogP contribution in [0.15, 0.2) is 4.95 Å². The first-order valence-corrected chi connectivity index (χ1v) is 9.38. The van der Waals surface area contributed by atoms with Crippen LogP contribution < -0.4 is 5.32 Å². The first-order valence-electron chi connectivity index (χ1n) is 7.89. The minimum absolute atomic E-state index is 0.00917. The van der Waals surface area contributed by atoms with Crippen LogP contribution in [0.1, 0.15) is 34.1 Å². The molecule has 0 aromatic rings. The maximum atomic E-state index is 12.0. The van der Waals surface area contributed by atoms with Crippen molar-refractivity contribution in [2.75, 3.05) is 26.4 Å². The third kappa shape index (κ3) is 12.5. The van der Waals surface area contributed by atoms with Crippen LogP contribution in [-0.4, -0.2) is 50.3 Å². The van der Waals surface area contributed by atoms with Gasteiger partial charge in [0.25, 0.3) is 0 Å². The van der Waals surface area contributed by atoms with E-state index in [4.69, 9.17) is 13.8 Å². The summed E-state index contributed by atoms with van der Waals surface area (Å²) in [6.45, 7) is 4.89. The number of nitrogens with zero attached hydrogens (tertiary/aromatic N) is 1. The van der Waals surface area contributed by atoms with Gasteiger partial charge in [0.1, 0.15) is 6.61 Å². The fraction of sp³-hybridized carbons (Fsp3) is 0.786. The molecule has 1 N–H and O–H groups in total. The van der Waals surface area contributed by atoms with E-state index in [1.165, 1.54) is 0 Å². The van der Waals surface area contributed by atoms with E-state index in [1.54, 1.807) is 0 Å². The largest absolute Gasteiger partial charge is 0.489 e. The lowest BCUT2D eigenvalue weighted by Gasteiger charge is -2.18. The molecule has 0 spiro atoms. The Balaban J connectivity index is 4.41. The van der Waals surface area contributed by atoms with Crippen LogP contribution in [0.25, 0.3) is 0 Å². The Hall–Kier alpha value is -1.84. The smallest absolute Gasteiger partial charge is 0.462 e. The molecule has 2 unspecified atom stereocenters. The molecule has 26 heavy (non-hydrogen) atoms. The molecule has 11 nitrogen and oxygen atoms in total. The van der Waals surface area contributed by atoms with Crippen molar-refractivity contribution in [2.24, 2.45) is 10.9 Å². The molecule has 0 saturated carbocycles. The highest BCUT2D eigenvalue weighted by atomic mass is 31.2. The van der Waals surface area contributed by atoms with Gasteiger partial charge in [-0.3, -0.25) is 23.4 Å². The molecule has 0 aliphatic carbocycles. The van der Waals surface area contributed by atoms with E-state index in [0.29, 0.717) is 6.42 Å². The molecule has 0 fully saturated rings. The van der Waals surface area contributed by atoms with E-state index >= 15 is 0 Å². The predicted octanol–water partition coefficient (Wildman–Crippen LogP) is 1.55. The van der Waals surface area contributed by atoms with Crippen LogP contribution in [0.5, 0.6) is 0 Å². The number of carbonyl (C=O) groups excluding carboxylic acids is 3. The minimum atomic E-state index is -4.35. The summed E-state index contributed by atoms with van der Waals surface area (Å²) in [7, 11) is -4.35. The Labute approximate surface area is 151 Å². The standard InChI is InChI=1S/C14H25N2O9P/c1-10(2)7-14(19)15-5-6-23-26(21,16-20)24-9-13(25-12(4)18)8-22-11(3)17/h10,13H,5-9H2,1-4H3,(H,15,19). The molecule has 0 aromatic carbocycles. The second kappa shape index (κ2) is 12.5. The highest BCUT2D eigenvalue weighted by Crippen LogP contribution is 2.49. The third-order valence-corrected chi connectivity index (χ3v) is 3.79. The van der Waals surface area contributed by atoms with Crippen LogP contribution >= 0.6 is 7.75 Å². The summed E-state index contributed by atoms with van der Waals surface area (Å²) in [6, 6.07) is 0. The zero-order chi connectivity index (χ0) is 20.2. The van der Waals surface area contributed by atoms with Crippen LogP contribution in [-0.2, 0) is 37.5 Å². The molecular formula is C14H25N2O9P. The normalized spacial score (nSPS) is 14.2. The van der Waals surface area contributed by atoms with Gasteiger partial charge in [-0.15, -0.1) is 4.91 Å². The minimum Gasteiger partial charge on any atom is -0.462 e. The fourth-order valence-electron chi connectivity index (χ4n) is 1.62. The molecule has 0 radical (unpaired) electrons. The summed E-state index contributed by atoms with van der Waals surface area (Å²) in [4.78, 5) is 46.3. The van der Waals surface area contributed by atoms with Gasteiger partial charge in [0.15, 0.2) is 6.10 Å². The lowest BCUT2D eigenvalue weighted by Crippen LogP contribution is -2.29. The van der Waals surface area contributed by atoms with Gasteiger partial charge in [-0.25, -0.2) is 4.57 Å². The molecule has 0 saturated heterocycles. The van der Waals surface area contributed by atoms with E-state index in [1.807, 2.05) is 13.8 Å². The monoisotopic (exact) mass is 396 g/mol. The number of amides is 1.